The molecule has 0 spiro atoms. The smallest absolute Gasteiger partial charge is 0.224 e. The van der Waals surface area contributed by atoms with Gasteiger partial charge in [-0.2, -0.15) is 0 Å². The molecule has 4 heteroatoms. The second kappa shape index (κ2) is 8.97. The molecule has 0 saturated heterocycles. The average Bonchev–Trinajstić information content (AvgIpc) is 2.17. The van der Waals surface area contributed by atoms with Gasteiger partial charge in [-0.25, -0.2) is 0 Å². The summed E-state index contributed by atoms with van der Waals surface area (Å²) < 4.78 is 0. The summed E-state index contributed by atoms with van der Waals surface area (Å²) in [7, 11) is 1.84. The SMILES string of the molecule is CNCC(C)C(=O)NCCCCCO. The first-order valence-electron chi connectivity index (χ1n) is 5.25. The van der Waals surface area contributed by atoms with Crippen molar-refractivity contribution in [3.8, 4) is 0 Å². The first-order chi connectivity index (χ1) is 6.72. The van der Waals surface area contributed by atoms with Crippen LogP contribution in [0.1, 0.15) is 26.2 Å². The van der Waals surface area contributed by atoms with Crippen LogP contribution in [0.15, 0.2) is 0 Å². The number of nitrogens with one attached hydrogen (secondary N) is 2. The van der Waals surface area contributed by atoms with Crippen LogP contribution in [0.3, 0.4) is 0 Å². The minimum atomic E-state index is 0.0258. The van der Waals surface area contributed by atoms with Crippen molar-refractivity contribution >= 4 is 5.91 Å². The molecule has 4 nitrogen and oxygen atoms in total. The van der Waals surface area contributed by atoms with Crippen LogP contribution >= 0.6 is 0 Å². The molecule has 0 aliphatic rings. The summed E-state index contributed by atoms with van der Waals surface area (Å²) in [4.78, 5) is 11.4. The van der Waals surface area contributed by atoms with Gasteiger partial charge in [-0.15, -0.1) is 0 Å². The van der Waals surface area contributed by atoms with Gasteiger partial charge in [-0.3, -0.25) is 4.79 Å². The number of aliphatic hydroxyl groups excluding tert-OH is 1. The number of aliphatic hydroxyl groups is 1. The largest absolute Gasteiger partial charge is 0.396 e. The molecule has 0 bridgehead atoms. The fraction of sp³-hybridized carbons (Fsp3) is 0.900. The highest BCUT2D eigenvalue weighted by atomic mass is 16.2. The Balaban J connectivity index is 3.34. The molecule has 0 heterocycles. The molecule has 0 rings (SSSR count). The maximum atomic E-state index is 11.4. The van der Waals surface area contributed by atoms with Crippen molar-refractivity contribution in [1.82, 2.24) is 10.6 Å². The minimum absolute atomic E-state index is 0.0258. The topological polar surface area (TPSA) is 61.4 Å². The molecule has 0 aromatic rings. The van der Waals surface area contributed by atoms with Crippen LogP contribution in [0.4, 0.5) is 0 Å². The number of unbranched alkanes of at least 4 members (excludes halogenated alkanes) is 2. The lowest BCUT2D eigenvalue weighted by atomic mass is 10.1. The Labute approximate surface area is 86.1 Å². The molecule has 0 aliphatic heterocycles. The molecule has 0 aromatic heterocycles. The van der Waals surface area contributed by atoms with E-state index in [0.717, 1.165) is 19.3 Å². The molecular weight excluding hydrogens is 180 g/mol. The molecule has 0 fully saturated rings. The number of carbonyl (C=O) groups excluding carboxylic acids is 1. The van der Waals surface area contributed by atoms with E-state index in [4.69, 9.17) is 5.11 Å². The molecule has 84 valence electrons. The van der Waals surface area contributed by atoms with E-state index in [0.29, 0.717) is 13.1 Å². The van der Waals surface area contributed by atoms with Crippen LogP contribution in [-0.2, 0) is 4.79 Å². The average molecular weight is 202 g/mol. The quantitative estimate of drug-likeness (QED) is 0.490. The van der Waals surface area contributed by atoms with E-state index in [1.165, 1.54) is 0 Å². The van der Waals surface area contributed by atoms with Gasteiger partial charge >= 0.3 is 0 Å². The van der Waals surface area contributed by atoms with Gasteiger partial charge in [-0.1, -0.05) is 6.92 Å². The lowest BCUT2D eigenvalue weighted by molar-refractivity contribution is -0.124. The van der Waals surface area contributed by atoms with Crippen LogP contribution in [0.2, 0.25) is 0 Å². The van der Waals surface area contributed by atoms with Crippen molar-refractivity contribution < 1.29 is 9.90 Å². The first-order valence-corrected chi connectivity index (χ1v) is 5.25. The van der Waals surface area contributed by atoms with Crippen molar-refractivity contribution in [3.05, 3.63) is 0 Å². The number of hydrogen-bond acceptors (Lipinski definition) is 3. The molecule has 1 unspecified atom stereocenters. The van der Waals surface area contributed by atoms with Crippen LogP contribution in [0.25, 0.3) is 0 Å². The Kier molecular flexibility index (Phi) is 8.57. The number of rotatable bonds is 8. The summed E-state index contributed by atoms with van der Waals surface area (Å²) >= 11 is 0. The number of hydrogen-bond donors (Lipinski definition) is 3. The predicted molar refractivity (Wildman–Crippen MR) is 57.0 cm³/mol. The minimum Gasteiger partial charge on any atom is -0.396 e. The summed E-state index contributed by atoms with van der Waals surface area (Å²) in [6.07, 6.45) is 2.73. The molecular formula is C10H22N2O2. The second-order valence-electron chi connectivity index (χ2n) is 3.53. The van der Waals surface area contributed by atoms with E-state index in [1.807, 2.05) is 14.0 Å². The van der Waals surface area contributed by atoms with Crippen LogP contribution < -0.4 is 10.6 Å². The molecule has 1 amide bonds. The standard InChI is InChI=1S/C10H22N2O2/c1-9(8-11-2)10(14)12-6-4-3-5-7-13/h9,11,13H,3-8H2,1-2H3,(H,12,14). The fourth-order valence-corrected chi connectivity index (χ4v) is 1.20. The van der Waals surface area contributed by atoms with E-state index in [2.05, 4.69) is 10.6 Å². The van der Waals surface area contributed by atoms with Crippen molar-refractivity contribution in [2.45, 2.75) is 26.2 Å². The summed E-state index contributed by atoms with van der Waals surface area (Å²) in [5.41, 5.74) is 0. The molecule has 0 saturated carbocycles. The van der Waals surface area contributed by atoms with Gasteiger partial charge in [0.15, 0.2) is 0 Å². The third-order valence-electron chi connectivity index (χ3n) is 2.09. The lowest BCUT2D eigenvalue weighted by Crippen LogP contribution is -2.34. The van der Waals surface area contributed by atoms with Gasteiger partial charge in [0.05, 0.1) is 0 Å². The third kappa shape index (κ3) is 6.86. The molecule has 14 heavy (non-hydrogen) atoms. The van der Waals surface area contributed by atoms with Gasteiger partial charge in [0.2, 0.25) is 5.91 Å². The van der Waals surface area contributed by atoms with Gasteiger partial charge in [0.1, 0.15) is 0 Å². The van der Waals surface area contributed by atoms with Crippen molar-refractivity contribution in [2.75, 3.05) is 26.7 Å². The monoisotopic (exact) mass is 202 g/mol. The van der Waals surface area contributed by atoms with Gasteiger partial charge < -0.3 is 15.7 Å². The fourth-order valence-electron chi connectivity index (χ4n) is 1.20. The predicted octanol–water partition coefficient (Wildman–Crippen LogP) is 0.121. The number of amides is 1. The Morgan fingerprint density at radius 1 is 1.36 bits per heavy atom. The summed E-state index contributed by atoms with van der Waals surface area (Å²) in [6.45, 7) is 3.57. The van der Waals surface area contributed by atoms with Crippen LogP contribution in [0, 0.1) is 5.92 Å². The first kappa shape index (κ1) is 13.4. The van der Waals surface area contributed by atoms with Crippen LogP contribution in [0.5, 0.6) is 0 Å². The normalized spacial score (nSPS) is 12.5. The molecule has 0 aliphatic carbocycles. The van der Waals surface area contributed by atoms with E-state index < -0.39 is 0 Å². The lowest BCUT2D eigenvalue weighted by Gasteiger charge is -2.11. The summed E-state index contributed by atoms with van der Waals surface area (Å²) in [5.74, 6) is 0.126. The maximum absolute atomic E-state index is 11.4. The molecule has 0 aromatic carbocycles. The summed E-state index contributed by atoms with van der Waals surface area (Å²) in [5, 5.41) is 14.4. The van der Waals surface area contributed by atoms with Gasteiger partial charge in [0, 0.05) is 25.6 Å². The zero-order valence-electron chi connectivity index (χ0n) is 9.18. The molecule has 3 N–H and O–H groups in total. The second-order valence-corrected chi connectivity index (χ2v) is 3.53. The summed E-state index contributed by atoms with van der Waals surface area (Å²) in [6, 6.07) is 0. The van der Waals surface area contributed by atoms with Crippen molar-refractivity contribution in [1.29, 1.82) is 0 Å². The van der Waals surface area contributed by atoms with Crippen molar-refractivity contribution in [3.63, 3.8) is 0 Å². The molecule has 0 radical (unpaired) electrons. The Hall–Kier alpha value is -0.610. The van der Waals surface area contributed by atoms with E-state index >= 15 is 0 Å². The van der Waals surface area contributed by atoms with E-state index in [-0.39, 0.29) is 18.4 Å². The van der Waals surface area contributed by atoms with E-state index in [1.54, 1.807) is 0 Å². The highest BCUT2D eigenvalue weighted by molar-refractivity contribution is 5.78. The Morgan fingerprint density at radius 3 is 2.64 bits per heavy atom. The zero-order valence-corrected chi connectivity index (χ0v) is 9.18. The highest BCUT2D eigenvalue weighted by Crippen LogP contribution is 1.95. The Morgan fingerprint density at radius 2 is 2.07 bits per heavy atom. The van der Waals surface area contributed by atoms with Gasteiger partial charge in [0.25, 0.3) is 0 Å². The van der Waals surface area contributed by atoms with Crippen LogP contribution in [-0.4, -0.2) is 37.8 Å². The molecule has 1 atom stereocenters. The highest BCUT2D eigenvalue weighted by Gasteiger charge is 2.09. The van der Waals surface area contributed by atoms with E-state index in [9.17, 15) is 4.79 Å². The zero-order chi connectivity index (χ0) is 10.8. The van der Waals surface area contributed by atoms with Crippen molar-refractivity contribution in [2.24, 2.45) is 5.92 Å². The third-order valence-corrected chi connectivity index (χ3v) is 2.09. The van der Waals surface area contributed by atoms with Gasteiger partial charge in [-0.05, 0) is 26.3 Å². The Bertz CT molecular complexity index is 151. The maximum Gasteiger partial charge on any atom is 0.224 e. The number of carbonyl (C=O) groups is 1.